The molecule has 0 radical (unpaired) electrons. The normalized spacial score (nSPS) is 9.64. The van der Waals surface area contributed by atoms with E-state index in [1.54, 1.807) is 19.1 Å². The number of aromatic nitrogens is 1. The molecule has 0 aliphatic rings. The molecule has 4 nitrogen and oxygen atoms in total. The van der Waals surface area contributed by atoms with Crippen molar-refractivity contribution in [2.45, 2.75) is 13.8 Å². The predicted molar refractivity (Wildman–Crippen MR) is 51.5 cm³/mol. The number of carbonyl (C=O) groups excluding carboxylic acids is 1. The second-order valence-corrected chi connectivity index (χ2v) is 2.74. The minimum absolute atomic E-state index is 0.273. The Morgan fingerprint density at radius 1 is 1.50 bits per heavy atom. The lowest BCUT2D eigenvalue weighted by Gasteiger charge is -2.05. The van der Waals surface area contributed by atoms with E-state index in [0.29, 0.717) is 12.5 Å². The number of hydrogen-bond acceptors (Lipinski definition) is 4. The molecule has 0 N–H and O–H groups in total. The van der Waals surface area contributed by atoms with Crippen molar-refractivity contribution >= 4 is 5.97 Å². The molecule has 0 amide bonds. The van der Waals surface area contributed by atoms with Gasteiger partial charge in [-0.1, -0.05) is 6.07 Å². The molecular formula is C10H13NO3. The Bertz CT molecular complexity index is 336. The Balaban J connectivity index is 2.94. The summed E-state index contributed by atoms with van der Waals surface area (Å²) in [6.45, 7) is 3.96. The number of ether oxygens (including phenoxy) is 2. The van der Waals surface area contributed by atoms with Gasteiger partial charge >= 0.3 is 5.97 Å². The van der Waals surface area contributed by atoms with Gasteiger partial charge in [-0.3, -0.25) is 0 Å². The molecule has 1 aromatic rings. The van der Waals surface area contributed by atoms with E-state index in [1.807, 2.05) is 6.92 Å². The van der Waals surface area contributed by atoms with Gasteiger partial charge in [-0.05, 0) is 19.9 Å². The third kappa shape index (κ3) is 2.22. The predicted octanol–water partition coefficient (Wildman–Crippen LogP) is 1.58. The van der Waals surface area contributed by atoms with Gasteiger partial charge in [0.2, 0.25) is 5.88 Å². The zero-order valence-electron chi connectivity index (χ0n) is 8.53. The number of rotatable bonds is 3. The van der Waals surface area contributed by atoms with Gasteiger partial charge in [0.25, 0.3) is 0 Å². The van der Waals surface area contributed by atoms with Crippen molar-refractivity contribution in [3.8, 4) is 5.88 Å². The fourth-order valence-corrected chi connectivity index (χ4v) is 1.04. The van der Waals surface area contributed by atoms with Gasteiger partial charge in [-0.25, -0.2) is 9.78 Å². The molecule has 0 unspecified atom stereocenters. The smallest absolute Gasteiger partial charge is 0.357 e. The zero-order valence-corrected chi connectivity index (χ0v) is 8.53. The molecule has 4 heteroatoms. The summed E-state index contributed by atoms with van der Waals surface area (Å²) in [5, 5.41) is 0. The van der Waals surface area contributed by atoms with Crippen LogP contribution in [-0.2, 0) is 4.74 Å². The number of esters is 1. The van der Waals surface area contributed by atoms with E-state index in [2.05, 4.69) is 4.98 Å². The van der Waals surface area contributed by atoms with Crippen molar-refractivity contribution in [2.24, 2.45) is 0 Å². The number of carbonyl (C=O) groups is 1. The van der Waals surface area contributed by atoms with E-state index in [4.69, 9.17) is 9.47 Å². The second kappa shape index (κ2) is 4.60. The minimum Gasteiger partial charge on any atom is -0.481 e. The third-order valence-electron chi connectivity index (χ3n) is 1.73. The van der Waals surface area contributed by atoms with Crippen LogP contribution in [0.4, 0.5) is 0 Å². The highest BCUT2D eigenvalue weighted by atomic mass is 16.5. The summed E-state index contributed by atoms with van der Waals surface area (Å²) in [4.78, 5) is 15.3. The van der Waals surface area contributed by atoms with Crippen LogP contribution in [-0.4, -0.2) is 24.7 Å². The van der Waals surface area contributed by atoms with Gasteiger partial charge in [0.05, 0.1) is 13.7 Å². The summed E-state index contributed by atoms with van der Waals surface area (Å²) in [6.07, 6.45) is 0. The van der Waals surface area contributed by atoms with E-state index in [1.165, 1.54) is 7.11 Å². The molecule has 0 aliphatic heterocycles. The minimum atomic E-state index is -0.425. The van der Waals surface area contributed by atoms with Crippen LogP contribution in [0.2, 0.25) is 0 Å². The van der Waals surface area contributed by atoms with Crippen LogP contribution in [0.15, 0.2) is 12.1 Å². The highest BCUT2D eigenvalue weighted by molar-refractivity contribution is 5.87. The summed E-state index contributed by atoms with van der Waals surface area (Å²) in [6, 6.07) is 3.40. The van der Waals surface area contributed by atoms with Crippen LogP contribution in [0.25, 0.3) is 0 Å². The van der Waals surface area contributed by atoms with E-state index < -0.39 is 5.97 Å². The first-order valence-electron chi connectivity index (χ1n) is 4.37. The lowest BCUT2D eigenvalue weighted by atomic mass is 10.2. The highest BCUT2D eigenvalue weighted by Gasteiger charge is 2.10. The molecule has 0 saturated heterocycles. The van der Waals surface area contributed by atoms with Crippen molar-refractivity contribution in [3.63, 3.8) is 0 Å². The molecule has 0 aliphatic carbocycles. The molecular weight excluding hydrogens is 182 g/mol. The Morgan fingerprint density at radius 3 is 2.79 bits per heavy atom. The molecule has 0 saturated carbocycles. The van der Waals surface area contributed by atoms with Gasteiger partial charge < -0.3 is 9.47 Å². The van der Waals surface area contributed by atoms with Crippen LogP contribution >= 0.6 is 0 Å². The topological polar surface area (TPSA) is 48.4 Å². The number of aryl methyl sites for hydroxylation is 1. The molecule has 76 valence electrons. The first-order valence-corrected chi connectivity index (χ1v) is 4.37. The van der Waals surface area contributed by atoms with Crippen LogP contribution in [0.1, 0.15) is 23.0 Å². The van der Waals surface area contributed by atoms with Crippen molar-refractivity contribution in [1.82, 2.24) is 4.98 Å². The second-order valence-electron chi connectivity index (χ2n) is 2.74. The largest absolute Gasteiger partial charge is 0.481 e. The first kappa shape index (κ1) is 10.5. The summed E-state index contributed by atoms with van der Waals surface area (Å²) >= 11 is 0. The monoisotopic (exact) mass is 195 g/mol. The van der Waals surface area contributed by atoms with Gasteiger partial charge in [0.1, 0.15) is 0 Å². The van der Waals surface area contributed by atoms with Crippen molar-refractivity contribution in [1.29, 1.82) is 0 Å². The Morgan fingerprint density at radius 2 is 2.21 bits per heavy atom. The highest BCUT2D eigenvalue weighted by Crippen LogP contribution is 2.14. The molecule has 0 bridgehead atoms. The third-order valence-corrected chi connectivity index (χ3v) is 1.73. The maximum atomic E-state index is 11.3. The Hall–Kier alpha value is -1.58. The molecule has 1 aromatic heterocycles. The van der Waals surface area contributed by atoms with Crippen LogP contribution in [0.3, 0.4) is 0 Å². The number of methoxy groups -OCH3 is 1. The number of hydrogen-bond donors (Lipinski definition) is 0. The average Bonchev–Trinajstić information content (AvgIpc) is 2.19. The van der Waals surface area contributed by atoms with Gasteiger partial charge in [-0.15, -0.1) is 0 Å². The first-order chi connectivity index (χ1) is 6.69. The SMILES string of the molecule is CCOC(=O)c1ccc(C)c(OC)n1. The molecule has 14 heavy (non-hydrogen) atoms. The van der Waals surface area contributed by atoms with E-state index in [0.717, 1.165) is 5.56 Å². The molecule has 1 heterocycles. The Labute approximate surface area is 82.9 Å². The lowest BCUT2D eigenvalue weighted by Crippen LogP contribution is -2.08. The zero-order chi connectivity index (χ0) is 10.6. The fraction of sp³-hybridized carbons (Fsp3) is 0.400. The number of pyridine rings is 1. The molecule has 0 spiro atoms. The van der Waals surface area contributed by atoms with Crippen molar-refractivity contribution in [2.75, 3.05) is 13.7 Å². The quantitative estimate of drug-likeness (QED) is 0.687. The maximum Gasteiger partial charge on any atom is 0.357 e. The maximum absolute atomic E-state index is 11.3. The molecule has 0 aromatic carbocycles. The summed E-state index contributed by atoms with van der Waals surface area (Å²) < 4.78 is 9.81. The standard InChI is InChI=1S/C10H13NO3/c1-4-14-10(12)8-6-5-7(2)9(11-8)13-3/h5-6H,4H2,1-3H3. The van der Waals surface area contributed by atoms with E-state index in [-0.39, 0.29) is 5.69 Å². The van der Waals surface area contributed by atoms with Crippen LogP contribution in [0.5, 0.6) is 5.88 Å². The van der Waals surface area contributed by atoms with Gasteiger partial charge in [0, 0.05) is 5.56 Å². The molecule has 1 rings (SSSR count). The van der Waals surface area contributed by atoms with Crippen LogP contribution < -0.4 is 4.74 Å². The van der Waals surface area contributed by atoms with Gasteiger partial charge in [-0.2, -0.15) is 0 Å². The Kier molecular flexibility index (Phi) is 3.45. The summed E-state index contributed by atoms with van der Waals surface area (Å²) in [5.74, 6) is 0.0290. The average molecular weight is 195 g/mol. The van der Waals surface area contributed by atoms with Crippen molar-refractivity contribution in [3.05, 3.63) is 23.4 Å². The molecule has 0 atom stereocenters. The van der Waals surface area contributed by atoms with E-state index >= 15 is 0 Å². The summed E-state index contributed by atoms with van der Waals surface area (Å²) in [7, 11) is 1.52. The van der Waals surface area contributed by atoms with E-state index in [9.17, 15) is 4.79 Å². The fourth-order valence-electron chi connectivity index (χ4n) is 1.04. The number of nitrogens with zero attached hydrogens (tertiary/aromatic N) is 1. The molecule has 0 fully saturated rings. The lowest BCUT2D eigenvalue weighted by molar-refractivity contribution is 0.0518. The van der Waals surface area contributed by atoms with Gasteiger partial charge in [0.15, 0.2) is 5.69 Å². The van der Waals surface area contributed by atoms with Crippen LogP contribution in [0, 0.1) is 6.92 Å². The van der Waals surface area contributed by atoms with Crippen molar-refractivity contribution < 1.29 is 14.3 Å². The summed E-state index contributed by atoms with van der Waals surface area (Å²) in [5.41, 5.74) is 1.16.